The van der Waals surface area contributed by atoms with Gasteiger partial charge in [-0.15, -0.1) is 6.58 Å². The van der Waals surface area contributed by atoms with Crippen molar-refractivity contribution < 1.29 is 13.6 Å². The molecule has 0 bridgehead atoms. The lowest BCUT2D eigenvalue weighted by Crippen LogP contribution is -2.40. The molecule has 2 heterocycles. The number of amides is 1. The molecule has 0 saturated carbocycles. The van der Waals surface area contributed by atoms with E-state index in [0.29, 0.717) is 49.9 Å². The molecule has 0 spiro atoms. The number of piperidine rings is 1. The lowest BCUT2D eigenvalue weighted by Gasteiger charge is -2.32. The summed E-state index contributed by atoms with van der Waals surface area (Å²) >= 11 is 0. The highest BCUT2D eigenvalue weighted by atomic mass is 19.1. The monoisotopic (exact) mass is 318 g/mol. The van der Waals surface area contributed by atoms with Crippen LogP contribution in [-0.4, -0.2) is 28.5 Å². The van der Waals surface area contributed by atoms with Gasteiger partial charge in [0.2, 0.25) is 5.91 Å². The second kappa shape index (κ2) is 6.40. The minimum atomic E-state index is -0.470. The fraction of sp³-hybridized carbons (Fsp3) is 0.412. The van der Waals surface area contributed by atoms with Gasteiger partial charge in [0.1, 0.15) is 5.82 Å². The number of nitrogens with zero attached hydrogens (tertiary/aromatic N) is 2. The van der Waals surface area contributed by atoms with Gasteiger partial charge >= 0.3 is 5.76 Å². The fourth-order valence-corrected chi connectivity index (χ4v) is 3.11. The Kier molecular flexibility index (Phi) is 4.32. The zero-order valence-electron chi connectivity index (χ0n) is 12.8. The van der Waals surface area contributed by atoms with E-state index in [1.807, 2.05) is 4.90 Å². The number of allylic oxidation sites excluding steroid dienone is 1. The number of fused-ring (bicyclic) bond motifs is 1. The topological polar surface area (TPSA) is 55.5 Å². The van der Waals surface area contributed by atoms with Crippen LogP contribution in [0, 0.1) is 5.82 Å². The number of aromatic nitrogens is 1. The summed E-state index contributed by atoms with van der Waals surface area (Å²) in [7, 11) is 0. The Bertz CT molecular complexity index is 785. The highest BCUT2D eigenvalue weighted by Gasteiger charge is 2.26. The Hall–Kier alpha value is -2.37. The number of halogens is 1. The van der Waals surface area contributed by atoms with E-state index in [2.05, 4.69) is 6.58 Å². The Labute approximate surface area is 133 Å². The van der Waals surface area contributed by atoms with E-state index in [0.717, 1.165) is 0 Å². The summed E-state index contributed by atoms with van der Waals surface area (Å²) < 4.78 is 20.2. The van der Waals surface area contributed by atoms with Crippen molar-refractivity contribution >= 4 is 17.0 Å². The van der Waals surface area contributed by atoms with Gasteiger partial charge in [0.15, 0.2) is 5.58 Å². The number of oxazole rings is 1. The lowest BCUT2D eigenvalue weighted by molar-refractivity contribution is -0.132. The summed E-state index contributed by atoms with van der Waals surface area (Å²) in [5, 5.41) is 0. The highest BCUT2D eigenvalue weighted by molar-refractivity contribution is 5.76. The van der Waals surface area contributed by atoms with Gasteiger partial charge in [0.25, 0.3) is 0 Å². The molecule has 6 heteroatoms. The SMILES string of the molecule is C=CCCC(=O)N1CCC(n2c(=O)oc3ccc(F)cc32)CC1. The van der Waals surface area contributed by atoms with Gasteiger partial charge in [-0.05, 0) is 31.4 Å². The summed E-state index contributed by atoms with van der Waals surface area (Å²) in [5.74, 6) is -0.759. The predicted octanol–water partition coefficient (Wildman–Crippen LogP) is 2.86. The molecule has 0 N–H and O–H groups in total. The van der Waals surface area contributed by atoms with Gasteiger partial charge in [-0.2, -0.15) is 0 Å². The first-order chi connectivity index (χ1) is 11.1. The molecule has 2 aromatic rings. The molecule has 1 aliphatic heterocycles. The normalized spacial score (nSPS) is 16.0. The van der Waals surface area contributed by atoms with Crippen molar-refractivity contribution in [3.8, 4) is 0 Å². The largest absolute Gasteiger partial charge is 0.420 e. The summed E-state index contributed by atoms with van der Waals surface area (Å²) in [6.45, 7) is 4.80. The molecule has 5 nitrogen and oxygen atoms in total. The van der Waals surface area contributed by atoms with Crippen LogP contribution in [0.5, 0.6) is 0 Å². The van der Waals surface area contributed by atoms with E-state index >= 15 is 0 Å². The van der Waals surface area contributed by atoms with Crippen molar-refractivity contribution in [2.75, 3.05) is 13.1 Å². The van der Waals surface area contributed by atoms with E-state index in [4.69, 9.17) is 4.42 Å². The predicted molar refractivity (Wildman–Crippen MR) is 84.7 cm³/mol. The molecule has 1 aliphatic rings. The Morgan fingerprint density at radius 1 is 1.39 bits per heavy atom. The number of hydrogen-bond donors (Lipinski definition) is 0. The smallest absolute Gasteiger partial charge is 0.408 e. The Morgan fingerprint density at radius 2 is 2.13 bits per heavy atom. The molecule has 1 amide bonds. The molecule has 1 saturated heterocycles. The van der Waals surface area contributed by atoms with Gasteiger partial charge in [0.05, 0.1) is 5.52 Å². The molecule has 0 unspecified atom stereocenters. The van der Waals surface area contributed by atoms with Crippen LogP contribution in [0.2, 0.25) is 0 Å². The van der Waals surface area contributed by atoms with Crippen LogP contribution in [0.25, 0.3) is 11.1 Å². The van der Waals surface area contributed by atoms with Crippen molar-refractivity contribution in [3.63, 3.8) is 0 Å². The number of carbonyl (C=O) groups is 1. The first-order valence-corrected chi connectivity index (χ1v) is 7.79. The van der Waals surface area contributed by atoms with E-state index in [9.17, 15) is 14.0 Å². The molecule has 0 aliphatic carbocycles. The van der Waals surface area contributed by atoms with Crippen LogP contribution in [0.15, 0.2) is 40.1 Å². The number of hydrogen-bond acceptors (Lipinski definition) is 3. The first kappa shape index (κ1) is 15.5. The van der Waals surface area contributed by atoms with Crippen LogP contribution >= 0.6 is 0 Å². The quantitative estimate of drug-likeness (QED) is 0.815. The van der Waals surface area contributed by atoms with Crippen LogP contribution in [-0.2, 0) is 4.79 Å². The van der Waals surface area contributed by atoms with Crippen molar-refractivity contribution in [2.45, 2.75) is 31.7 Å². The van der Waals surface area contributed by atoms with Gasteiger partial charge in [-0.25, -0.2) is 9.18 Å². The number of benzene rings is 1. The molecule has 1 aromatic carbocycles. The van der Waals surface area contributed by atoms with Crippen molar-refractivity contribution in [3.05, 3.63) is 47.2 Å². The van der Waals surface area contributed by atoms with Gasteiger partial charge in [-0.1, -0.05) is 6.08 Å². The molecule has 0 radical (unpaired) electrons. The van der Waals surface area contributed by atoms with Crippen LogP contribution < -0.4 is 5.76 Å². The standard InChI is InChI=1S/C17H19FN2O3/c1-2-3-4-16(21)19-9-7-13(8-10-19)20-14-11-12(18)5-6-15(14)23-17(20)22/h2,5-6,11,13H,1,3-4,7-10H2. The lowest BCUT2D eigenvalue weighted by atomic mass is 10.0. The molecule has 3 rings (SSSR count). The molecule has 1 fully saturated rings. The third kappa shape index (κ3) is 3.06. The Morgan fingerprint density at radius 3 is 2.83 bits per heavy atom. The zero-order chi connectivity index (χ0) is 16.4. The first-order valence-electron chi connectivity index (χ1n) is 7.79. The van der Waals surface area contributed by atoms with E-state index in [-0.39, 0.29) is 11.9 Å². The summed E-state index contributed by atoms with van der Waals surface area (Å²) in [4.78, 5) is 25.9. The minimum absolute atomic E-state index is 0.0750. The average Bonchev–Trinajstić information content (AvgIpc) is 2.88. The number of likely N-dealkylation sites (tertiary alicyclic amines) is 1. The fourth-order valence-electron chi connectivity index (χ4n) is 3.11. The van der Waals surface area contributed by atoms with Crippen LogP contribution in [0.4, 0.5) is 4.39 Å². The van der Waals surface area contributed by atoms with Crippen molar-refractivity contribution in [1.29, 1.82) is 0 Å². The third-order valence-electron chi connectivity index (χ3n) is 4.32. The van der Waals surface area contributed by atoms with E-state index in [1.54, 1.807) is 6.08 Å². The van der Waals surface area contributed by atoms with Gasteiger partial charge in [0, 0.05) is 31.6 Å². The molecule has 23 heavy (non-hydrogen) atoms. The third-order valence-corrected chi connectivity index (χ3v) is 4.32. The van der Waals surface area contributed by atoms with Crippen molar-refractivity contribution in [1.82, 2.24) is 9.47 Å². The maximum atomic E-state index is 13.5. The molecule has 0 atom stereocenters. The van der Waals surface area contributed by atoms with Gasteiger partial charge < -0.3 is 9.32 Å². The van der Waals surface area contributed by atoms with Crippen LogP contribution in [0.3, 0.4) is 0 Å². The number of carbonyl (C=O) groups excluding carboxylic acids is 1. The van der Waals surface area contributed by atoms with E-state index in [1.165, 1.54) is 22.8 Å². The Balaban J connectivity index is 1.77. The molecule has 122 valence electrons. The van der Waals surface area contributed by atoms with Gasteiger partial charge in [-0.3, -0.25) is 9.36 Å². The minimum Gasteiger partial charge on any atom is -0.408 e. The second-order valence-corrected chi connectivity index (χ2v) is 5.79. The average molecular weight is 318 g/mol. The second-order valence-electron chi connectivity index (χ2n) is 5.79. The van der Waals surface area contributed by atoms with Crippen molar-refractivity contribution in [2.24, 2.45) is 0 Å². The summed E-state index contributed by atoms with van der Waals surface area (Å²) in [6, 6.07) is 3.99. The highest BCUT2D eigenvalue weighted by Crippen LogP contribution is 2.26. The maximum Gasteiger partial charge on any atom is 0.420 e. The van der Waals surface area contributed by atoms with E-state index < -0.39 is 11.6 Å². The zero-order valence-corrected chi connectivity index (χ0v) is 12.8. The molecule has 1 aromatic heterocycles. The summed E-state index contributed by atoms with van der Waals surface area (Å²) in [5.41, 5.74) is 0.868. The van der Waals surface area contributed by atoms with Crippen LogP contribution in [0.1, 0.15) is 31.7 Å². The molecular weight excluding hydrogens is 299 g/mol. The summed E-state index contributed by atoms with van der Waals surface area (Å²) in [6.07, 6.45) is 4.18. The molecular formula is C17H19FN2O3. The maximum absolute atomic E-state index is 13.5. The number of rotatable bonds is 4.